The predicted octanol–water partition coefficient (Wildman–Crippen LogP) is 1.71. The van der Waals surface area contributed by atoms with E-state index in [4.69, 9.17) is 0 Å². The lowest BCUT2D eigenvalue weighted by Gasteiger charge is -2.36. The van der Waals surface area contributed by atoms with Crippen molar-refractivity contribution in [1.82, 2.24) is 10.2 Å². The molecular formula is C14H16IN3O2. The molecule has 0 unspecified atom stereocenters. The van der Waals surface area contributed by atoms with Crippen LogP contribution in [0.1, 0.15) is 23.2 Å². The zero-order valence-corrected chi connectivity index (χ0v) is 13.3. The molecule has 2 N–H and O–H groups in total. The summed E-state index contributed by atoms with van der Waals surface area (Å²) in [5.41, 5.74) is -0.432. The summed E-state index contributed by atoms with van der Waals surface area (Å²) in [7, 11) is 2.00. The zero-order valence-electron chi connectivity index (χ0n) is 11.2. The number of carbonyl (C=O) groups is 1. The van der Waals surface area contributed by atoms with Crippen molar-refractivity contribution in [3.8, 4) is 11.8 Å². The van der Waals surface area contributed by atoms with E-state index >= 15 is 0 Å². The Kier molecular flexibility index (Phi) is 4.50. The van der Waals surface area contributed by atoms with Gasteiger partial charge >= 0.3 is 0 Å². The topological polar surface area (TPSA) is 76.4 Å². The van der Waals surface area contributed by atoms with Gasteiger partial charge in [0, 0.05) is 18.7 Å². The first kappa shape index (κ1) is 15.1. The quantitative estimate of drug-likeness (QED) is 0.761. The summed E-state index contributed by atoms with van der Waals surface area (Å²) < 4.78 is 0.688. The molecule has 0 aromatic heterocycles. The molecule has 2 rings (SSSR count). The number of nitrogens with zero attached hydrogens (tertiary/aromatic N) is 2. The Labute approximate surface area is 131 Å². The predicted molar refractivity (Wildman–Crippen MR) is 83.4 cm³/mol. The SMILES string of the molecule is CN1CCC(C#N)(NC(=O)c2ccc(I)c(O)c2)CC1. The summed E-state index contributed by atoms with van der Waals surface area (Å²) in [6.07, 6.45) is 1.23. The molecule has 1 aromatic carbocycles. The van der Waals surface area contributed by atoms with Crippen molar-refractivity contribution in [2.45, 2.75) is 18.4 Å². The molecule has 20 heavy (non-hydrogen) atoms. The average Bonchev–Trinajstić information content (AvgIpc) is 2.44. The molecule has 1 saturated heterocycles. The van der Waals surface area contributed by atoms with Crippen molar-refractivity contribution in [3.05, 3.63) is 27.3 Å². The van der Waals surface area contributed by atoms with Gasteiger partial charge in [-0.3, -0.25) is 4.79 Å². The normalized spacial score (nSPS) is 18.2. The summed E-state index contributed by atoms with van der Waals surface area (Å²) in [6, 6.07) is 7.00. The molecule has 1 aliphatic rings. The first-order chi connectivity index (χ1) is 9.46. The number of hydrogen-bond acceptors (Lipinski definition) is 4. The smallest absolute Gasteiger partial charge is 0.252 e. The fraction of sp³-hybridized carbons (Fsp3) is 0.429. The minimum atomic E-state index is -0.803. The second-order valence-corrected chi connectivity index (χ2v) is 6.28. The summed E-state index contributed by atoms with van der Waals surface area (Å²) in [5.74, 6) is -0.240. The minimum Gasteiger partial charge on any atom is -0.507 e. The summed E-state index contributed by atoms with van der Waals surface area (Å²) in [5, 5.41) is 21.9. The third-order valence-corrected chi connectivity index (χ3v) is 4.53. The second-order valence-electron chi connectivity index (χ2n) is 5.12. The molecule has 0 radical (unpaired) electrons. The van der Waals surface area contributed by atoms with Gasteiger partial charge in [-0.25, -0.2) is 0 Å². The van der Waals surface area contributed by atoms with Gasteiger partial charge in [0.1, 0.15) is 11.3 Å². The molecule has 0 bridgehead atoms. The monoisotopic (exact) mass is 385 g/mol. The number of phenols is 1. The highest BCUT2D eigenvalue weighted by Gasteiger charge is 2.35. The first-order valence-corrected chi connectivity index (χ1v) is 7.44. The molecular weight excluding hydrogens is 369 g/mol. The highest BCUT2D eigenvalue weighted by molar-refractivity contribution is 14.1. The van der Waals surface area contributed by atoms with E-state index in [1.165, 1.54) is 6.07 Å². The minimum absolute atomic E-state index is 0.0765. The number of benzene rings is 1. The van der Waals surface area contributed by atoms with Gasteiger partial charge in [-0.05, 0) is 60.7 Å². The average molecular weight is 385 g/mol. The van der Waals surface area contributed by atoms with Gasteiger partial charge in [0.25, 0.3) is 5.91 Å². The number of aromatic hydroxyl groups is 1. The van der Waals surface area contributed by atoms with Crippen LogP contribution in [0.15, 0.2) is 18.2 Å². The number of nitrogens with one attached hydrogen (secondary N) is 1. The molecule has 0 atom stereocenters. The van der Waals surface area contributed by atoms with Crippen LogP contribution in [0.4, 0.5) is 0 Å². The summed E-state index contributed by atoms with van der Waals surface area (Å²) >= 11 is 1.99. The van der Waals surface area contributed by atoms with E-state index in [1.807, 2.05) is 29.6 Å². The van der Waals surface area contributed by atoms with Crippen LogP contribution in [-0.2, 0) is 0 Å². The van der Waals surface area contributed by atoms with Crippen molar-refractivity contribution >= 4 is 28.5 Å². The maximum absolute atomic E-state index is 12.2. The van der Waals surface area contributed by atoms with Crippen molar-refractivity contribution in [3.63, 3.8) is 0 Å². The van der Waals surface area contributed by atoms with Crippen molar-refractivity contribution in [2.75, 3.05) is 20.1 Å². The van der Waals surface area contributed by atoms with Crippen molar-refractivity contribution in [2.24, 2.45) is 0 Å². The lowest BCUT2D eigenvalue weighted by Crippen LogP contribution is -2.53. The van der Waals surface area contributed by atoms with Gasteiger partial charge in [0.05, 0.1) is 9.64 Å². The Morgan fingerprint density at radius 3 is 2.70 bits per heavy atom. The molecule has 0 spiro atoms. The van der Waals surface area contributed by atoms with E-state index < -0.39 is 5.54 Å². The van der Waals surface area contributed by atoms with E-state index in [0.717, 1.165) is 13.1 Å². The van der Waals surface area contributed by atoms with Crippen LogP contribution >= 0.6 is 22.6 Å². The number of piperidine rings is 1. The standard InChI is InChI=1S/C14H16IN3O2/c1-18-6-4-14(9-16,5-7-18)17-13(20)10-2-3-11(15)12(19)8-10/h2-3,8,19H,4-7H2,1H3,(H,17,20). The van der Waals surface area contributed by atoms with Gasteiger partial charge in [0.15, 0.2) is 0 Å². The van der Waals surface area contributed by atoms with E-state index in [-0.39, 0.29) is 11.7 Å². The van der Waals surface area contributed by atoms with Crippen LogP contribution in [0.5, 0.6) is 5.75 Å². The van der Waals surface area contributed by atoms with E-state index in [0.29, 0.717) is 22.0 Å². The highest BCUT2D eigenvalue weighted by atomic mass is 127. The van der Waals surface area contributed by atoms with E-state index in [2.05, 4.69) is 16.3 Å². The lowest BCUT2D eigenvalue weighted by atomic mass is 9.89. The number of likely N-dealkylation sites (tertiary alicyclic amines) is 1. The largest absolute Gasteiger partial charge is 0.507 e. The number of hydrogen-bond donors (Lipinski definition) is 2. The molecule has 1 fully saturated rings. The maximum atomic E-state index is 12.2. The van der Waals surface area contributed by atoms with E-state index in [1.54, 1.807) is 12.1 Å². The van der Waals surface area contributed by atoms with Crippen molar-refractivity contribution in [1.29, 1.82) is 5.26 Å². The molecule has 0 aliphatic carbocycles. The Morgan fingerprint density at radius 2 is 2.15 bits per heavy atom. The van der Waals surface area contributed by atoms with Crippen LogP contribution in [0.2, 0.25) is 0 Å². The van der Waals surface area contributed by atoms with Gasteiger partial charge in [-0.15, -0.1) is 0 Å². The maximum Gasteiger partial charge on any atom is 0.252 e. The number of amides is 1. The third-order valence-electron chi connectivity index (χ3n) is 3.62. The van der Waals surface area contributed by atoms with Crippen LogP contribution in [0, 0.1) is 14.9 Å². The van der Waals surface area contributed by atoms with E-state index in [9.17, 15) is 15.2 Å². The van der Waals surface area contributed by atoms with Gasteiger partial charge in [0.2, 0.25) is 0 Å². The number of phenolic OH excluding ortho intramolecular Hbond substituents is 1. The number of carbonyl (C=O) groups excluding carboxylic acids is 1. The van der Waals surface area contributed by atoms with Gasteiger partial charge < -0.3 is 15.3 Å². The Bertz CT molecular complexity index is 560. The van der Waals surface area contributed by atoms with Crippen LogP contribution in [-0.4, -0.2) is 41.6 Å². The number of halogens is 1. The molecule has 5 nitrogen and oxygen atoms in total. The third kappa shape index (κ3) is 3.22. The molecule has 6 heteroatoms. The zero-order chi connectivity index (χ0) is 14.8. The Balaban J connectivity index is 2.13. The van der Waals surface area contributed by atoms with Crippen LogP contribution < -0.4 is 5.32 Å². The Hall–Kier alpha value is -1.33. The molecule has 1 aromatic rings. The molecule has 1 heterocycles. The lowest BCUT2D eigenvalue weighted by molar-refractivity contribution is 0.0881. The highest BCUT2D eigenvalue weighted by Crippen LogP contribution is 2.23. The molecule has 106 valence electrons. The number of nitriles is 1. The second kappa shape index (κ2) is 5.97. The molecule has 1 amide bonds. The molecule has 1 aliphatic heterocycles. The fourth-order valence-electron chi connectivity index (χ4n) is 2.21. The summed E-state index contributed by atoms with van der Waals surface area (Å²) in [6.45, 7) is 1.57. The number of rotatable bonds is 2. The fourth-order valence-corrected chi connectivity index (χ4v) is 2.54. The summed E-state index contributed by atoms with van der Waals surface area (Å²) in [4.78, 5) is 14.4. The van der Waals surface area contributed by atoms with Gasteiger partial charge in [-0.2, -0.15) is 5.26 Å². The van der Waals surface area contributed by atoms with Crippen LogP contribution in [0.25, 0.3) is 0 Å². The van der Waals surface area contributed by atoms with Gasteiger partial charge in [-0.1, -0.05) is 0 Å². The van der Waals surface area contributed by atoms with Crippen LogP contribution in [0.3, 0.4) is 0 Å². The first-order valence-electron chi connectivity index (χ1n) is 6.37. The Morgan fingerprint density at radius 1 is 1.50 bits per heavy atom. The van der Waals surface area contributed by atoms with Crippen molar-refractivity contribution < 1.29 is 9.90 Å². The molecule has 0 saturated carbocycles.